The number of hydrogen-bond donors (Lipinski definition) is 0. The minimum Gasteiger partial charge on any atom is -0.339 e. The number of amides is 2. The molecule has 5 aliphatic rings. The van der Waals surface area contributed by atoms with Crippen LogP contribution in [0, 0.1) is 33.3 Å². The highest BCUT2D eigenvalue weighted by Gasteiger charge is 2.55. The summed E-state index contributed by atoms with van der Waals surface area (Å²) in [6.45, 7) is 2.57. The van der Waals surface area contributed by atoms with Gasteiger partial charge in [-0.05, 0) is 68.4 Å². The molecule has 4 bridgehead atoms. The predicted molar refractivity (Wildman–Crippen MR) is 122 cm³/mol. The average Bonchev–Trinajstić information content (AvgIpc) is 3.19. The van der Waals surface area contributed by atoms with Crippen molar-refractivity contribution in [1.29, 1.82) is 0 Å². The Balaban J connectivity index is 1.09. The van der Waals surface area contributed by atoms with Crippen LogP contribution in [-0.2, 0) is 16.1 Å². The van der Waals surface area contributed by atoms with Crippen molar-refractivity contribution in [3.63, 3.8) is 0 Å². The second-order valence-electron chi connectivity index (χ2n) is 10.8. The smallest absolute Gasteiger partial charge is 0.270 e. The number of hydrogen-bond acceptors (Lipinski definition) is 4. The number of fused-ring (bicyclic) bond motifs is 1. The number of nitrogens with zero attached hydrogens (tertiary/aromatic N) is 4. The van der Waals surface area contributed by atoms with Gasteiger partial charge >= 0.3 is 0 Å². The number of rotatable bonds is 4. The van der Waals surface area contributed by atoms with Crippen LogP contribution in [0.25, 0.3) is 10.9 Å². The lowest BCUT2D eigenvalue weighted by Gasteiger charge is -2.57. The van der Waals surface area contributed by atoms with Crippen LogP contribution in [0.15, 0.2) is 30.5 Å². The zero-order valence-electron chi connectivity index (χ0n) is 18.8. The zero-order chi connectivity index (χ0) is 22.7. The van der Waals surface area contributed by atoms with Crippen LogP contribution in [0.5, 0.6) is 0 Å². The van der Waals surface area contributed by atoms with Gasteiger partial charge in [-0.3, -0.25) is 19.7 Å². The van der Waals surface area contributed by atoms with Gasteiger partial charge in [-0.25, -0.2) is 0 Å². The first kappa shape index (κ1) is 20.7. The molecule has 2 amide bonds. The minimum atomic E-state index is -0.411. The van der Waals surface area contributed by atoms with Crippen molar-refractivity contribution in [2.45, 2.75) is 45.1 Å². The molecule has 0 N–H and O–H groups in total. The minimum absolute atomic E-state index is 0.0211. The Bertz CT molecular complexity index is 1100. The Labute approximate surface area is 192 Å². The van der Waals surface area contributed by atoms with E-state index in [0.717, 1.165) is 47.9 Å². The third kappa shape index (κ3) is 3.50. The number of nitro groups is 1. The molecule has 1 aromatic carbocycles. The van der Waals surface area contributed by atoms with Crippen LogP contribution in [0.4, 0.5) is 5.69 Å². The molecule has 4 saturated carbocycles. The van der Waals surface area contributed by atoms with Gasteiger partial charge in [0.2, 0.25) is 11.8 Å². The van der Waals surface area contributed by atoms with Crippen LogP contribution < -0.4 is 0 Å². The lowest BCUT2D eigenvalue weighted by Crippen LogP contribution is -2.58. The average molecular weight is 451 g/mol. The second-order valence-corrected chi connectivity index (χ2v) is 10.8. The van der Waals surface area contributed by atoms with E-state index in [2.05, 4.69) is 0 Å². The van der Waals surface area contributed by atoms with Crippen molar-refractivity contribution in [3.8, 4) is 0 Å². The molecule has 0 spiro atoms. The van der Waals surface area contributed by atoms with Crippen molar-refractivity contribution in [1.82, 2.24) is 14.4 Å². The summed E-state index contributed by atoms with van der Waals surface area (Å²) in [5.74, 6) is 2.63. The van der Waals surface area contributed by atoms with Crippen molar-refractivity contribution >= 4 is 28.4 Å². The van der Waals surface area contributed by atoms with Gasteiger partial charge in [-0.2, -0.15) is 0 Å². The van der Waals surface area contributed by atoms with Gasteiger partial charge in [-0.1, -0.05) is 0 Å². The first-order valence-electron chi connectivity index (χ1n) is 12.2. The van der Waals surface area contributed by atoms with Gasteiger partial charge in [0.15, 0.2) is 0 Å². The lowest BCUT2D eigenvalue weighted by atomic mass is 9.49. The molecule has 33 heavy (non-hydrogen) atoms. The van der Waals surface area contributed by atoms with Crippen LogP contribution in [0.2, 0.25) is 0 Å². The molecule has 1 aromatic heterocycles. The molecule has 5 fully saturated rings. The summed E-state index contributed by atoms with van der Waals surface area (Å²) >= 11 is 0. The molecule has 2 heterocycles. The maximum absolute atomic E-state index is 13.6. The number of non-ortho nitro benzene ring substituents is 1. The van der Waals surface area contributed by atoms with Gasteiger partial charge in [-0.15, -0.1) is 0 Å². The molecule has 8 nitrogen and oxygen atoms in total. The van der Waals surface area contributed by atoms with Crippen LogP contribution >= 0.6 is 0 Å². The van der Waals surface area contributed by atoms with Crippen molar-refractivity contribution < 1.29 is 14.5 Å². The highest BCUT2D eigenvalue weighted by Crippen LogP contribution is 2.60. The van der Waals surface area contributed by atoms with Crippen molar-refractivity contribution in [3.05, 3.63) is 40.6 Å². The van der Waals surface area contributed by atoms with Gasteiger partial charge < -0.3 is 14.4 Å². The number of aromatic nitrogens is 1. The second kappa shape index (κ2) is 7.57. The fraction of sp³-hybridized carbons (Fsp3) is 0.600. The van der Waals surface area contributed by atoms with Crippen LogP contribution in [0.1, 0.15) is 38.5 Å². The van der Waals surface area contributed by atoms with Gasteiger partial charge in [0.05, 0.1) is 10.3 Å². The van der Waals surface area contributed by atoms with E-state index in [1.165, 1.54) is 31.4 Å². The SMILES string of the molecule is O=C(Cn1ccc2cc([N+](=O)[O-])ccc21)N1CCN(C(=O)C23CC4CC(CC(C4)C2)C3)CC1. The molecule has 1 saturated heterocycles. The summed E-state index contributed by atoms with van der Waals surface area (Å²) in [7, 11) is 0. The summed E-state index contributed by atoms with van der Waals surface area (Å²) in [6.07, 6.45) is 9.03. The standard InChI is InChI=1S/C25H30N4O4/c30-23(16-28-4-3-20-12-21(29(32)33)1-2-22(20)28)26-5-7-27(8-6-26)24(31)25-13-17-9-18(14-25)11-19(10-17)15-25/h1-4,12,17-19H,5-11,13-16H2. The topological polar surface area (TPSA) is 88.7 Å². The fourth-order valence-electron chi connectivity index (χ4n) is 7.55. The maximum atomic E-state index is 13.6. The summed E-state index contributed by atoms with van der Waals surface area (Å²) in [6, 6.07) is 6.50. The highest BCUT2D eigenvalue weighted by molar-refractivity contribution is 5.86. The summed E-state index contributed by atoms with van der Waals surface area (Å²) in [5.41, 5.74) is 0.740. The maximum Gasteiger partial charge on any atom is 0.270 e. The van der Waals surface area contributed by atoms with E-state index in [4.69, 9.17) is 0 Å². The van der Waals surface area contributed by atoms with E-state index in [1.54, 1.807) is 18.3 Å². The molecule has 0 atom stereocenters. The normalized spacial score (nSPS) is 30.7. The van der Waals surface area contributed by atoms with Gasteiger partial charge in [0.1, 0.15) is 6.54 Å². The lowest BCUT2D eigenvalue weighted by molar-refractivity contribution is -0.384. The van der Waals surface area contributed by atoms with E-state index in [-0.39, 0.29) is 23.6 Å². The Morgan fingerprint density at radius 1 is 0.939 bits per heavy atom. The summed E-state index contributed by atoms with van der Waals surface area (Å²) in [5, 5.41) is 11.8. The van der Waals surface area contributed by atoms with Crippen molar-refractivity contribution in [2.75, 3.05) is 26.2 Å². The molecular weight excluding hydrogens is 420 g/mol. The third-order valence-corrected chi connectivity index (χ3v) is 8.68. The number of carbonyl (C=O) groups excluding carboxylic acids is 2. The molecule has 174 valence electrons. The van der Waals surface area contributed by atoms with E-state index >= 15 is 0 Å². The highest BCUT2D eigenvalue weighted by atomic mass is 16.6. The first-order valence-corrected chi connectivity index (χ1v) is 12.2. The van der Waals surface area contributed by atoms with Crippen LogP contribution in [-0.4, -0.2) is 57.3 Å². The largest absolute Gasteiger partial charge is 0.339 e. The van der Waals surface area contributed by atoms with E-state index in [0.29, 0.717) is 32.1 Å². The first-order chi connectivity index (χ1) is 15.9. The predicted octanol–water partition coefficient (Wildman–Crippen LogP) is 3.44. The molecule has 2 aromatic rings. The van der Waals surface area contributed by atoms with E-state index < -0.39 is 4.92 Å². The van der Waals surface area contributed by atoms with E-state index in [1.807, 2.05) is 14.4 Å². The van der Waals surface area contributed by atoms with Crippen molar-refractivity contribution in [2.24, 2.45) is 23.2 Å². The number of nitro benzene ring substituents is 1. The summed E-state index contributed by atoms with van der Waals surface area (Å²) < 4.78 is 1.84. The Morgan fingerprint density at radius 2 is 1.55 bits per heavy atom. The quantitative estimate of drug-likeness (QED) is 0.527. The Kier molecular flexibility index (Phi) is 4.74. The fourth-order valence-corrected chi connectivity index (χ4v) is 7.55. The molecule has 4 aliphatic carbocycles. The van der Waals surface area contributed by atoms with Gasteiger partial charge in [0, 0.05) is 55.4 Å². The summed E-state index contributed by atoms with van der Waals surface area (Å²) in [4.78, 5) is 41.0. The molecular formula is C25H30N4O4. The monoisotopic (exact) mass is 450 g/mol. The van der Waals surface area contributed by atoms with Crippen LogP contribution in [0.3, 0.4) is 0 Å². The number of piperazine rings is 1. The molecule has 1 aliphatic heterocycles. The third-order valence-electron chi connectivity index (χ3n) is 8.68. The molecule has 0 radical (unpaired) electrons. The zero-order valence-corrected chi connectivity index (χ0v) is 18.8. The molecule has 8 heteroatoms. The molecule has 7 rings (SSSR count). The Morgan fingerprint density at radius 3 is 2.15 bits per heavy atom. The number of benzene rings is 1. The Hall–Kier alpha value is -2.90. The molecule has 0 unspecified atom stereocenters. The van der Waals surface area contributed by atoms with E-state index in [9.17, 15) is 19.7 Å². The number of carbonyl (C=O) groups is 2. The van der Waals surface area contributed by atoms with Gasteiger partial charge in [0.25, 0.3) is 5.69 Å².